The lowest BCUT2D eigenvalue weighted by molar-refractivity contribution is -0.376. The van der Waals surface area contributed by atoms with Gasteiger partial charge in [-0.15, -0.1) is 0 Å². The maximum absolute atomic E-state index is 12.5. The average molecular weight is 827 g/mol. The van der Waals surface area contributed by atoms with Crippen molar-refractivity contribution in [1.82, 2.24) is 0 Å². The van der Waals surface area contributed by atoms with Crippen LogP contribution in [0.1, 0.15) is 99.3 Å². The van der Waals surface area contributed by atoms with Crippen molar-refractivity contribution in [2.24, 2.45) is 50.2 Å². The van der Waals surface area contributed by atoms with Gasteiger partial charge in [0.15, 0.2) is 18.7 Å². The molecule has 2 saturated heterocycles. The zero-order chi connectivity index (χ0) is 42.7. The van der Waals surface area contributed by atoms with Crippen LogP contribution in [0.5, 0.6) is 0 Å². The van der Waals surface area contributed by atoms with Crippen LogP contribution in [-0.4, -0.2) is 150 Å². The maximum Gasteiger partial charge on any atom is 0.335 e. The van der Waals surface area contributed by atoms with Gasteiger partial charge < -0.3 is 70.0 Å². The summed E-state index contributed by atoms with van der Waals surface area (Å²) < 4.78 is 23.7. The summed E-state index contributed by atoms with van der Waals surface area (Å²) in [5.74, 6) is -2.82. The van der Waals surface area contributed by atoms with Gasteiger partial charge in [-0.25, -0.2) is 4.79 Å². The van der Waals surface area contributed by atoms with E-state index in [0.29, 0.717) is 38.5 Å². The molecule has 5 unspecified atom stereocenters. The van der Waals surface area contributed by atoms with Gasteiger partial charge in [0.2, 0.25) is 0 Å². The third kappa shape index (κ3) is 6.37. The number of carboxylic acids is 2. The molecule has 58 heavy (non-hydrogen) atoms. The van der Waals surface area contributed by atoms with Crippen LogP contribution in [0.2, 0.25) is 0 Å². The van der Waals surface area contributed by atoms with Crippen molar-refractivity contribution < 1.29 is 79.6 Å². The molecule has 10 N–H and O–H groups in total. The summed E-state index contributed by atoms with van der Waals surface area (Å²) in [6.45, 7) is 11.7. The lowest BCUT2D eigenvalue weighted by Gasteiger charge is -2.72. The lowest BCUT2D eigenvalue weighted by Crippen LogP contribution is -2.69. The molecule has 2 heterocycles. The van der Waals surface area contributed by atoms with E-state index in [4.69, 9.17) is 18.9 Å². The molecule has 0 aromatic carbocycles. The molecule has 16 nitrogen and oxygen atoms in total. The molecule has 0 spiro atoms. The number of fused-ring (bicyclic) bond motifs is 7. The summed E-state index contributed by atoms with van der Waals surface area (Å²) in [4.78, 5) is 24.7. The summed E-state index contributed by atoms with van der Waals surface area (Å²) in [6, 6.07) is 0. The zero-order valence-corrected chi connectivity index (χ0v) is 34.4. The van der Waals surface area contributed by atoms with Crippen LogP contribution < -0.4 is 0 Å². The minimum Gasteiger partial charge on any atom is -0.481 e. The molecule has 7 rings (SSSR count). The van der Waals surface area contributed by atoms with Crippen molar-refractivity contribution in [1.29, 1.82) is 0 Å². The molecular weight excluding hydrogens is 760 g/mol. The molecule has 5 aliphatic carbocycles. The molecule has 6 fully saturated rings. The van der Waals surface area contributed by atoms with Gasteiger partial charge in [0.1, 0.15) is 42.7 Å². The Bertz CT molecular complexity index is 1620. The average Bonchev–Trinajstić information content (AvgIpc) is 3.16. The Kier molecular flexibility index (Phi) is 11.4. The van der Waals surface area contributed by atoms with Crippen molar-refractivity contribution in [3.63, 3.8) is 0 Å². The highest BCUT2D eigenvalue weighted by Crippen LogP contribution is 2.76. The Balaban J connectivity index is 1.19. The summed E-state index contributed by atoms with van der Waals surface area (Å²) in [5.41, 5.74) is -1.97. The Hall–Kier alpha value is -1.80. The molecular formula is C42H66O16. The second-order valence-electron chi connectivity index (χ2n) is 20.6. The molecule has 0 amide bonds. The van der Waals surface area contributed by atoms with Crippen LogP contribution in [0.15, 0.2) is 11.6 Å². The summed E-state index contributed by atoms with van der Waals surface area (Å²) in [5, 5.41) is 107. The van der Waals surface area contributed by atoms with Crippen molar-refractivity contribution in [2.45, 2.75) is 173 Å². The van der Waals surface area contributed by atoms with E-state index in [-0.39, 0.29) is 40.6 Å². The second-order valence-corrected chi connectivity index (χ2v) is 20.6. The SMILES string of the molecule is C[C@@]1(C(=O)O)CC[C@]2(C)CC[C@]3(C)C(=CC(O)[C@@H]4[C@@]5(C)CC[C@H](O[C@@H]6OC(C(=O)O)[C@@H](O)C(O)[C@@H]6O[C@@H]6OC(CO)[C@@H](O)[C@H](O)C6O)[C@@](C)(CO)[C@@H]5CC[C@]43C)[C@@H]2C1. The number of allylic oxidation sites excluding steroid dienone is 1. The first-order valence-electron chi connectivity index (χ1n) is 21.1. The van der Waals surface area contributed by atoms with E-state index < -0.39 is 108 Å². The maximum atomic E-state index is 12.5. The van der Waals surface area contributed by atoms with E-state index in [9.17, 15) is 60.7 Å². The molecule has 0 bridgehead atoms. The largest absolute Gasteiger partial charge is 0.481 e. The fourth-order valence-electron chi connectivity index (χ4n) is 13.7. The minimum atomic E-state index is -2.02. The molecule has 7 aliphatic rings. The van der Waals surface area contributed by atoms with Crippen LogP contribution >= 0.6 is 0 Å². The van der Waals surface area contributed by atoms with Crippen molar-refractivity contribution in [3.8, 4) is 0 Å². The van der Waals surface area contributed by atoms with E-state index in [2.05, 4.69) is 27.7 Å². The van der Waals surface area contributed by atoms with E-state index >= 15 is 0 Å². The monoisotopic (exact) mass is 826 g/mol. The van der Waals surface area contributed by atoms with Gasteiger partial charge >= 0.3 is 11.9 Å². The van der Waals surface area contributed by atoms with Gasteiger partial charge in [-0.3, -0.25) is 4.79 Å². The second kappa shape index (κ2) is 14.9. The van der Waals surface area contributed by atoms with Gasteiger partial charge in [0, 0.05) is 11.3 Å². The highest BCUT2D eigenvalue weighted by Gasteiger charge is 2.71. The topological polar surface area (TPSA) is 273 Å². The van der Waals surface area contributed by atoms with E-state index in [1.54, 1.807) is 0 Å². The van der Waals surface area contributed by atoms with Crippen LogP contribution in [0.3, 0.4) is 0 Å². The third-order valence-electron chi connectivity index (χ3n) is 17.6. The standard InChI is InChI=1S/C42H66O16/c1-37-11-12-38(2,36(53)54)16-20(37)19-15-21(45)32-39(3)9-8-24(40(4,18-44)23(39)7-10-42(32,6)41(19,5)14-13-37)56-35-31(28(49)27(48)30(57-35)33(51)52)58-34-29(50)26(47)25(46)22(17-43)55-34/h15,20-32,34-35,43-50H,7-14,16-18H2,1-6H3,(H,51,52)(H,53,54)/t20-,21?,22?,23+,24-,25+,26-,27-,28?,29?,30?,31-,32+,34-,35+,37+,38+,39-,40-,41+,42+/m0/s1. The van der Waals surface area contributed by atoms with Crippen LogP contribution in [0, 0.1) is 50.2 Å². The van der Waals surface area contributed by atoms with Gasteiger partial charge in [-0.05, 0) is 98.2 Å². The van der Waals surface area contributed by atoms with Gasteiger partial charge in [0.05, 0.1) is 30.8 Å². The smallest absolute Gasteiger partial charge is 0.335 e. The van der Waals surface area contributed by atoms with Crippen molar-refractivity contribution >= 4 is 11.9 Å². The third-order valence-corrected chi connectivity index (χ3v) is 17.6. The van der Waals surface area contributed by atoms with Crippen LogP contribution in [0.25, 0.3) is 0 Å². The Morgan fingerprint density at radius 2 is 1.43 bits per heavy atom. The number of hydrogen-bond acceptors (Lipinski definition) is 14. The Morgan fingerprint density at radius 1 is 0.759 bits per heavy atom. The first kappa shape index (κ1) is 44.3. The van der Waals surface area contributed by atoms with Gasteiger partial charge in [-0.1, -0.05) is 46.3 Å². The van der Waals surface area contributed by atoms with Crippen LogP contribution in [-0.2, 0) is 28.5 Å². The van der Waals surface area contributed by atoms with E-state index in [0.717, 1.165) is 19.3 Å². The van der Waals surface area contributed by atoms with Crippen molar-refractivity contribution in [3.05, 3.63) is 11.6 Å². The predicted octanol–water partition coefficient (Wildman–Crippen LogP) is 0.918. The molecule has 16 heteroatoms. The van der Waals surface area contributed by atoms with E-state index in [1.807, 2.05) is 19.9 Å². The minimum absolute atomic E-state index is 0.0167. The lowest BCUT2D eigenvalue weighted by atomic mass is 9.33. The number of carboxylic acid groups (broad SMARTS) is 2. The fraction of sp³-hybridized carbons (Fsp3) is 0.905. The van der Waals surface area contributed by atoms with Gasteiger partial charge in [0.25, 0.3) is 0 Å². The quantitative estimate of drug-likeness (QED) is 0.120. The number of carbonyl (C=O) groups is 2. The number of aliphatic hydroxyl groups excluding tert-OH is 8. The number of hydrogen-bond donors (Lipinski definition) is 10. The number of rotatable bonds is 8. The summed E-state index contributed by atoms with van der Waals surface area (Å²) >= 11 is 0. The normalized spacial score (nSPS) is 55.6. The highest BCUT2D eigenvalue weighted by atomic mass is 16.8. The number of ether oxygens (including phenoxy) is 4. The van der Waals surface area contributed by atoms with Crippen LogP contribution in [0.4, 0.5) is 0 Å². The number of aliphatic carboxylic acids is 2. The Labute approximate surface area is 339 Å². The number of aliphatic hydroxyl groups is 8. The zero-order valence-electron chi connectivity index (χ0n) is 34.4. The molecule has 330 valence electrons. The molecule has 0 aromatic heterocycles. The molecule has 0 aromatic rings. The van der Waals surface area contributed by atoms with Gasteiger partial charge in [-0.2, -0.15) is 0 Å². The van der Waals surface area contributed by atoms with E-state index in [1.165, 1.54) is 5.57 Å². The molecule has 2 aliphatic heterocycles. The van der Waals surface area contributed by atoms with Crippen molar-refractivity contribution in [2.75, 3.05) is 13.2 Å². The predicted molar refractivity (Wildman–Crippen MR) is 201 cm³/mol. The molecule has 4 saturated carbocycles. The first-order chi connectivity index (χ1) is 27.0. The fourth-order valence-corrected chi connectivity index (χ4v) is 13.7. The summed E-state index contributed by atoms with van der Waals surface area (Å²) in [7, 11) is 0. The highest BCUT2D eigenvalue weighted by molar-refractivity contribution is 5.74. The molecule has 21 atom stereocenters. The molecule has 0 radical (unpaired) electrons. The Morgan fingerprint density at radius 3 is 2.05 bits per heavy atom. The summed E-state index contributed by atoms with van der Waals surface area (Å²) in [6.07, 6.45) is -11.5. The first-order valence-corrected chi connectivity index (χ1v) is 21.1.